The summed E-state index contributed by atoms with van der Waals surface area (Å²) in [6.07, 6.45) is -2.46. The predicted octanol–water partition coefficient (Wildman–Crippen LogP) is 4.42. The number of nitrogens with zero attached hydrogens (tertiary/aromatic N) is 2. The van der Waals surface area contributed by atoms with Crippen molar-refractivity contribution in [2.24, 2.45) is 0 Å². The summed E-state index contributed by atoms with van der Waals surface area (Å²) in [5, 5.41) is 3.01. The average Bonchev–Trinajstić information content (AvgIpc) is 2.46. The zero-order valence-electron chi connectivity index (χ0n) is 12.6. The third-order valence-corrected chi connectivity index (χ3v) is 3.17. The maximum absolute atomic E-state index is 12.6. The Bertz CT molecular complexity index is 616. The lowest BCUT2D eigenvalue weighted by Crippen LogP contribution is -2.15. The molecule has 0 spiro atoms. The van der Waals surface area contributed by atoms with Crippen molar-refractivity contribution < 1.29 is 8.78 Å². The van der Waals surface area contributed by atoms with Gasteiger partial charge in [-0.25, -0.2) is 18.7 Å². The molecular weight excluding hydrogens is 272 g/mol. The lowest BCUT2D eigenvalue weighted by atomic mass is 9.91. The first kappa shape index (κ1) is 15.4. The van der Waals surface area contributed by atoms with Crippen LogP contribution in [0.25, 0.3) is 11.4 Å². The van der Waals surface area contributed by atoms with E-state index in [1.165, 1.54) is 12.1 Å². The van der Waals surface area contributed by atoms with Crippen molar-refractivity contribution in [1.82, 2.24) is 9.97 Å². The van der Waals surface area contributed by atoms with Crippen LogP contribution < -0.4 is 5.32 Å². The molecule has 21 heavy (non-hydrogen) atoms. The highest BCUT2D eigenvalue weighted by Crippen LogP contribution is 2.27. The summed E-state index contributed by atoms with van der Waals surface area (Å²) in [4.78, 5) is 8.96. The Morgan fingerprint density at radius 2 is 1.67 bits per heavy atom. The molecule has 0 amide bonds. The van der Waals surface area contributed by atoms with E-state index in [-0.39, 0.29) is 11.0 Å². The summed E-state index contributed by atoms with van der Waals surface area (Å²) in [7, 11) is 1.79. The maximum atomic E-state index is 12.6. The van der Waals surface area contributed by atoms with Crippen molar-refractivity contribution in [3.05, 3.63) is 41.6 Å². The molecule has 2 rings (SSSR count). The van der Waals surface area contributed by atoms with Gasteiger partial charge in [-0.1, -0.05) is 45.0 Å². The predicted molar refractivity (Wildman–Crippen MR) is 80.7 cm³/mol. The van der Waals surface area contributed by atoms with Crippen LogP contribution in [0.3, 0.4) is 0 Å². The molecule has 0 aliphatic heterocycles. The van der Waals surface area contributed by atoms with Crippen LogP contribution in [0.2, 0.25) is 0 Å². The summed E-state index contributed by atoms with van der Waals surface area (Å²) in [6, 6.07) is 7.97. The number of benzene rings is 1. The normalized spacial score (nSPS) is 11.8. The van der Waals surface area contributed by atoms with Gasteiger partial charge in [0.15, 0.2) is 5.82 Å². The van der Waals surface area contributed by atoms with E-state index in [0.717, 1.165) is 11.3 Å². The van der Waals surface area contributed by atoms with Crippen molar-refractivity contribution in [1.29, 1.82) is 0 Å². The number of aromatic nitrogens is 2. The van der Waals surface area contributed by atoms with E-state index < -0.39 is 6.43 Å². The molecule has 0 fully saturated rings. The molecule has 1 N–H and O–H groups in total. The first-order chi connectivity index (χ1) is 9.81. The molecular formula is C16H19F2N3. The topological polar surface area (TPSA) is 37.8 Å². The van der Waals surface area contributed by atoms with E-state index in [1.807, 2.05) is 6.07 Å². The summed E-state index contributed by atoms with van der Waals surface area (Å²) in [5.41, 5.74) is 1.50. The second kappa shape index (κ2) is 5.76. The van der Waals surface area contributed by atoms with Crippen LogP contribution in [0.4, 0.5) is 14.6 Å². The molecule has 1 aromatic heterocycles. The van der Waals surface area contributed by atoms with E-state index in [4.69, 9.17) is 0 Å². The third kappa shape index (κ3) is 3.54. The second-order valence-corrected chi connectivity index (χ2v) is 5.88. The fourth-order valence-electron chi connectivity index (χ4n) is 1.87. The van der Waals surface area contributed by atoms with Gasteiger partial charge in [0.2, 0.25) is 0 Å². The Morgan fingerprint density at radius 3 is 2.14 bits per heavy atom. The Kier molecular flexibility index (Phi) is 4.21. The smallest absolute Gasteiger partial charge is 0.263 e. The lowest BCUT2D eigenvalue weighted by Gasteiger charge is -2.19. The van der Waals surface area contributed by atoms with Gasteiger partial charge in [-0.15, -0.1) is 0 Å². The molecule has 0 radical (unpaired) electrons. The number of hydrogen-bond acceptors (Lipinski definition) is 3. The zero-order valence-corrected chi connectivity index (χ0v) is 12.6. The molecule has 2 aromatic rings. The monoisotopic (exact) mass is 291 g/mol. The molecule has 0 atom stereocenters. The van der Waals surface area contributed by atoms with Crippen molar-refractivity contribution in [2.75, 3.05) is 12.4 Å². The minimum atomic E-state index is -2.46. The number of hydrogen-bond donors (Lipinski definition) is 1. The van der Waals surface area contributed by atoms with Gasteiger partial charge in [0.05, 0.1) is 5.69 Å². The highest BCUT2D eigenvalue weighted by atomic mass is 19.3. The van der Waals surface area contributed by atoms with Gasteiger partial charge in [0, 0.05) is 29.7 Å². The summed E-state index contributed by atoms with van der Waals surface area (Å²) < 4.78 is 25.2. The molecule has 1 aromatic carbocycles. The molecule has 0 saturated carbocycles. The van der Waals surface area contributed by atoms with Crippen molar-refractivity contribution in [2.45, 2.75) is 32.6 Å². The first-order valence-corrected chi connectivity index (χ1v) is 6.77. The quantitative estimate of drug-likeness (QED) is 0.909. The molecule has 0 unspecified atom stereocenters. The fraction of sp³-hybridized carbons (Fsp3) is 0.375. The Hall–Kier alpha value is -2.04. The van der Waals surface area contributed by atoms with Crippen LogP contribution in [0.15, 0.2) is 30.3 Å². The van der Waals surface area contributed by atoms with Gasteiger partial charge in [0.25, 0.3) is 6.43 Å². The van der Waals surface area contributed by atoms with Crippen LogP contribution in [0.1, 0.15) is 38.5 Å². The van der Waals surface area contributed by atoms with Crippen LogP contribution in [-0.4, -0.2) is 17.0 Å². The van der Waals surface area contributed by atoms with E-state index in [9.17, 15) is 8.78 Å². The average molecular weight is 291 g/mol. The first-order valence-electron chi connectivity index (χ1n) is 6.77. The maximum Gasteiger partial charge on any atom is 0.263 e. The van der Waals surface area contributed by atoms with Gasteiger partial charge < -0.3 is 5.32 Å². The van der Waals surface area contributed by atoms with Crippen molar-refractivity contribution in [3.8, 4) is 11.4 Å². The summed E-state index contributed by atoms with van der Waals surface area (Å²) >= 11 is 0. The Morgan fingerprint density at radius 1 is 1.05 bits per heavy atom. The molecule has 0 aliphatic carbocycles. The number of alkyl halides is 2. The molecule has 1 heterocycles. The van der Waals surface area contributed by atoms with Crippen LogP contribution in [0, 0.1) is 0 Å². The highest BCUT2D eigenvalue weighted by Gasteiger charge is 2.18. The van der Waals surface area contributed by atoms with Crippen LogP contribution in [0.5, 0.6) is 0 Å². The minimum absolute atomic E-state index is 0.000402. The van der Waals surface area contributed by atoms with Gasteiger partial charge in [-0.2, -0.15) is 0 Å². The van der Waals surface area contributed by atoms with Crippen molar-refractivity contribution in [3.63, 3.8) is 0 Å². The third-order valence-electron chi connectivity index (χ3n) is 3.17. The number of nitrogens with one attached hydrogen (secondary N) is 1. The molecule has 0 saturated heterocycles. The molecule has 3 nitrogen and oxygen atoms in total. The zero-order chi connectivity index (χ0) is 15.6. The van der Waals surface area contributed by atoms with Gasteiger partial charge >= 0.3 is 0 Å². The molecule has 0 bridgehead atoms. The van der Waals surface area contributed by atoms with Gasteiger partial charge in [-0.05, 0) is 0 Å². The number of anilines is 1. The Balaban J connectivity index is 2.47. The van der Waals surface area contributed by atoms with Crippen molar-refractivity contribution >= 4 is 5.82 Å². The molecule has 0 aliphatic rings. The van der Waals surface area contributed by atoms with E-state index >= 15 is 0 Å². The molecule has 5 heteroatoms. The number of rotatable bonds is 3. The van der Waals surface area contributed by atoms with Crippen LogP contribution >= 0.6 is 0 Å². The van der Waals surface area contributed by atoms with E-state index in [0.29, 0.717) is 11.6 Å². The minimum Gasteiger partial charge on any atom is -0.373 e. The lowest BCUT2D eigenvalue weighted by molar-refractivity contribution is 0.151. The van der Waals surface area contributed by atoms with Gasteiger partial charge in [0.1, 0.15) is 5.82 Å². The largest absolute Gasteiger partial charge is 0.373 e. The highest BCUT2D eigenvalue weighted by molar-refractivity contribution is 5.58. The Labute approximate surface area is 123 Å². The summed E-state index contributed by atoms with van der Waals surface area (Å²) in [5.74, 6) is 1.25. The SMILES string of the molecule is CNc1cc(C(C)(C)C)nc(-c2ccc(C(F)F)cc2)n1. The van der Waals surface area contributed by atoms with E-state index in [1.54, 1.807) is 19.2 Å². The number of halogens is 2. The van der Waals surface area contributed by atoms with Gasteiger partial charge in [-0.3, -0.25) is 0 Å². The molecule has 112 valence electrons. The van der Waals surface area contributed by atoms with Crippen LogP contribution in [-0.2, 0) is 5.41 Å². The fourth-order valence-corrected chi connectivity index (χ4v) is 1.87. The summed E-state index contributed by atoms with van der Waals surface area (Å²) in [6.45, 7) is 6.20. The van der Waals surface area contributed by atoms with E-state index in [2.05, 4.69) is 36.1 Å². The standard InChI is InChI=1S/C16H19F2N3/c1-16(2,3)12-9-13(19-4)21-15(20-12)11-7-5-10(6-8-11)14(17)18/h5-9,14H,1-4H3,(H,19,20,21). The second-order valence-electron chi connectivity index (χ2n) is 5.88.